The van der Waals surface area contributed by atoms with E-state index >= 15 is 0 Å². The number of ether oxygens (including phenoxy) is 1. The van der Waals surface area contributed by atoms with E-state index in [1.54, 1.807) is 6.08 Å². The summed E-state index contributed by atoms with van der Waals surface area (Å²) in [6, 6.07) is 7.63. The molecule has 0 saturated heterocycles. The lowest BCUT2D eigenvalue weighted by Crippen LogP contribution is -2.20. The first-order valence-corrected chi connectivity index (χ1v) is 10.3. The zero-order chi connectivity index (χ0) is 18.6. The summed E-state index contributed by atoms with van der Waals surface area (Å²) >= 11 is 0. The van der Waals surface area contributed by atoms with Crippen LogP contribution in [0.5, 0.6) is 5.75 Å². The molecular weight excluding hydrogens is 324 g/mol. The van der Waals surface area contributed by atoms with Gasteiger partial charge in [0.15, 0.2) is 0 Å². The van der Waals surface area contributed by atoms with Gasteiger partial charge in [-0.05, 0) is 48.4 Å². The molecule has 26 heavy (non-hydrogen) atoms. The Morgan fingerprint density at radius 1 is 1.04 bits per heavy atom. The van der Waals surface area contributed by atoms with Crippen LogP contribution < -0.4 is 4.74 Å². The Hall–Kier alpha value is -1.77. The maximum absolute atomic E-state index is 10.5. The van der Waals surface area contributed by atoms with Crippen LogP contribution in [0.2, 0.25) is 0 Å². The first kappa shape index (κ1) is 20.5. The van der Waals surface area contributed by atoms with Crippen molar-refractivity contribution in [2.75, 3.05) is 6.61 Å². The van der Waals surface area contributed by atoms with E-state index in [-0.39, 0.29) is 0 Å². The zero-order valence-electron chi connectivity index (χ0n) is 16.2. The zero-order valence-corrected chi connectivity index (χ0v) is 16.2. The summed E-state index contributed by atoms with van der Waals surface area (Å²) in [6.07, 6.45) is 16.4. The molecule has 1 aromatic rings. The minimum Gasteiger partial charge on any atom is -0.493 e. The molecule has 3 nitrogen and oxygen atoms in total. The standard InChI is InChI=1S/C23H34O3/c1-2-3-4-5-6-7-19-8-10-21(11-9-19)18-26-22-15-12-20(13-16-22)14-17-23(24)25/h12-17,19,21H,2-11,18H2,1H3,(H,24,25)/t19-,21-. The molecule has 1 aliphatic carbocycles. The lowest BCUT2D eigenvalue weighted by atomic mass is 9.80. The molecule has 1 N–H and O–H groups in total. The fourth-order valence-electron chi connectivity index (χ4n) is 3.78. The van der Waals surface area contributed by atoms with Crippen molar-refractivity contribution in [3.8, 4) is 5.75 Å². The van der Waals surface area contributed by atoms with Gasteiger partial charge in [-0.1, -0.05) is 70.4 Å². The molecule has 1 aromatic carbocycles. The van der Waals surface area contributed by atoms with Gasteiger partial charge in [-0.2, -0.15) is 0 Å². The Morgan fingerprint density at radius 3 is 2.35 bits per heavy atom. The molecule has 0 amide bonds. The predicted molar refractivity (Wildman–Crippen MR) is 107 cm³/mol. The molecule has 0 bridgehead atoms. The maximum Gasteiger partial charge on any atom is 0.328 e. The van der Waals surface area contributed by atoms with E-state index in [0.717, 1.165) is 29.9 Å². The maximum atomic E-state index is 10.5. The molecule has 0 atom stereocenters. The van der Waals surface area contributed by atoms with Gasteiger partial charge in [-0.25, -0.2) is 4.79 Å². The van der Waals surface area contributed by atoms with Gasteiger partial charge in [0.2, 0.25) is 0 Å². The van der Waals surface area contributed by atoms with Gasteiger partial charge in [-0.15, -0.1) is 0 Å². The molecule has 1 saturated carbocycles. The van der Waals surface area contributed by atoms with Crippen LogP contribution in [0.15, 0.2) is 30.3 Å². The number of hydrogen-bond donors (Lipinski definition) is 1. The summed E-state index contributed by atoms with van der Waals surface area (Å²) in [4.78, 5) is 10.5. The highest BCUT2D eigenvalue weighted by Gasteiger charge is 2.21. The highest BCUT2D eigenvalue weighted by molar-refractivity contribution is 5.85. The third kappa shape index (κ3) is 8.07. The van der Waals surface area contributed by atoms with Gasteiger partial charge in [0.25, 0.3) is 0 Å². The summed E-state index contributed by atoms with van der Waals surface area (Å²) < 4.78 is 5.95. The van der Waals surface area contributed by atoms with Crippen molar-refractivity contribution >= 4 is 12.0 Å². The van der Waals surface area contributed by atoms with Gasteiger partial charge in [0.1, 0.15) is 5.75 Å². The summed E-state index contributed by atoms with van der Waals surface area (Å²) in [6.45, 7) is 3.07. The van der Waals surface area contributed by atoms with E-state index in [2.05, 4.69) is 6.92 Å². The Morgan fingerprint density at radius 2 is 1.69 bits per heavy atom. The van der Waals surface area contributed by atoms with E-state index < -0.39 is 5.97 Å². The first-order chi connectivity index (χ1) is 12.7. The van der Waals surface area contributed by atoms with Crippen molar-refractivity contribution in [1.29, 1.82) is 0 Å². The van der Waals surface area contributed by atoms with Gasteiger partial charge in [0, 0.05) is 6.08 Å². The van der Waals surface area contributed by atoms with Gasteiger partial charge >= 0.3 is 5.97 Å². The largest absolute Gasteiger partial charge is 0.493 e. The van der Waals surface area contributed by atoms with Crippen molar-refractivity contribution < 1.29 is 14.6 Å². The highest BCUT2D eigenvalue weighted by Crippen LogP contribution is 2.32. The smallest absolute Gasteiger partial charge is 0.328 e. The number of rotatable bonds is 11. The van der Waals surface area contributed by atoms with Crippen LogP contribution in [-0.4, -0.2) is 17.7 Å². The molecular formula is C23H34O3. The molecule has 0 spiro atoms. The fourth-order valence-corrected chi connectivity index (χ4v) is 3.78. The van der Waals surface area contributed by atoms with E-state index in [4.69, 9.17) is 9.84 Å². The van der Waals surface area contributed by atoms with Crippen LogP contribution >= 0.6 is 0 Å². The summed E-state index contributed by atoms with van der Waals surface area (Å²) in [5.41, 5.74) is 0.874. The van der Waals surface area contributed by atoms with Crippen molar-refractivity contribution in [2.45, 2.75) is 71.1 Å². The van der Waals surface area contributed by atoms with Gasteiger partial charge in [-0.3, -0.25) is 0 Å². The normalized spacial score (nSPS) is 20.3. The van der Waals surface area contributed by atoms with E-state index in [0.29, 0.717) is 5.92 Å². The van der Waals surface area contributed by atoms with Crippen molar-refractivity contribution in [3.63, 3.8) is 0 Å². The average molecular weight is 359 g/mol. The van der Waals surface area contributed by atoms with Crippen LogP contribution in [0.1, 0.15) is 76.7 Å². The van der Waals surface area contributed by atoms with Crippen LogP contribution in [0.25, 0.3) is 6.08 Å². The first-order valence-electron chi connectivity index (χ1n) is 10.3. The molecule has 144 valence electrons. The topological polar surface area (TPSA) is 46.5 Å². The molecule has 1 fully saturated rings. The Balaban J connectivity index is 1.61. The molecule has 0 radical (unpaired) electrons. The summed E-state index contributed by atoms with van der Waals surface area (Å²) in [5.74, 6) is 1.56. The number of unbranched alkanes of at least 4 members (excludes halogenated alkanes) is 4. The second kappa shape index (κ2) is 11.8. The van der Waals surface area contributed by atoms with Crippen LogP contribution in [-0.2, 0) is 4.79 Å². The van der Waals surface area contributed by atoms with Gasteiger partial charge in [0.05, 0.1) is 6.61 Å². The third-order valence-electron chi connectivity index (χ3n) is 5.47. The third-order valence-corrected chi connectivity index (χ3v) is 5.47. The molecule has 1 aliphatic rings. The highest BCUT2D eigenvalue weighted by atomic mass is 16.5. The van der Waals surface area contributed by atoms with Crippen LogP contribution in [0.3, 0.4) is 0 Å². The number of aliphatic carboxylic acids is 1. The summed E-state index contributed by atoms with van der Waals surface area (Å²) in [7, 11) is 0. The fraction of sp³-hybridized carbons (Fsp3) is 0.609. The Labute approximate surface area is 158 Å². The lowest BCUT2D eigenvalue weighted by Gasteiger charge is -2.28. The molecule has 2 rings (SSSR count). The summed E-state index contributed by atoms with van der Waals surface area (Å²) in [5, 5.41) is 8.65. The molecule has 0 heterocycles. The molecule has 0 unspecified atom stereocenters. The van der Waals surface area contributed by atoms with Crippen molar-refractivity contribution in [2.24, 2.45) is 11.8 Å². The monoisotopic (exact) mass is 358 g/mol. The Bertz CT molecular complexity index is 539. The number of carbonyl (C=O) groups is 1. The van der Waals surface area contributed by atoms with Crippen LogP contribution in [0, 0.1) is 11.8 Å². The predicted octanol–water partition coefficient (Wildman–Crippen LogP) is 6.33. The molecule has 0 aliphatic heterocycles. The van der Waals surface area contributed by atoms with E-state index in [1.807, 2.05) is 24.3 Å². The number of carboxylic acids is 1. The van der Waals surface area contributed by atoms with Gasteiger partial charge < -0.3 is 9.84 Å². The number of hydrogen-bond acceptors (Lipinski definition) is 2. The SMILES string of the molecule is CCCCCCC[C@H]1CC[C@H](COc2ccc(C=CC(=O)O)cc2)CC1. The Kier molecular flexibility index (Phi) is 9.30. The number of carboxylic acid groups (broad SMARTS) is 1. The quantitative estimate of drug-likeness (QED) is 0.371. The molecule has 0 aromatic heterocycles. The molecule has 3 heteroatoms. The minimum absolute atomic E-state index is 0.679. The van der Waals surface area contributed by atoms with E-state index in [1.165, 1.54) is 64.2 Å². The minimum atomic E-state index is -0.929. The van der Waals surface area contributed by atoms with Crippen molar-refractivity contribution in [3.05, 3.63) is 35.9 Å². The average Bonchev–Trinajstić information content (AvgIpc) is 2.66. The lowest BCUT2D eigenvalue weighted by molar-refractivity contribution is -0.131. The number of benzene rings is 1. The van der Waals surface area contributed by atoms with Crippen molar-refractivity contribution in [1.82, 2.24) is 0 Å². The van der Waals surface area contributed by atoms with E-state index in [9.17, 15) is 4.79 Å². The van der Waals surface area contributed by atoms with Crippen LogP contribution in [0.4, 0.5) is 0 Å². The second-order valence-corrected chi connectivity index (χ2v) is 7.64. The second-order valence-electron chi connectivity index (χ2n) is 7.64.